The van der Waals surface area contributed by atoms with Gasteiger partial charge < -0.3 is 10.1 Å². The molecule has 0 aromatic heterocycles. The Kier molecular flexibility index (Phi) is 4.81. The maximum Gasteiger partial charge on any atom is 0.426 e. The Hall–Kier alpha value is -1.27. The molecule has 1 amide bonds. The molecule has 1 aromatic carbocycles. The molecule has 7 heteroatoms. The van der Waals surface area contributed by atoms with Gasteiger partial charge in [-0.15, -0.1) is 12.4 Å². The lowest BCUT2D eigenvalue weighted by Gasteiger charge is -2.37. The van der Waals surface area contributed by atoms with Crippen molar-refractivity contribution in [1.82, 2.24) is 5.32 Å². The van der Waals surface area contributed by atoms with Gasteiger partial charge in [-0.3, -0.25) is 4.79 Å². The van der Waals surface area contributed by atoms with Crippen molar-refractivity contribution >= 4 is 18.3 Å². The minimum atomic E-state index is -4.74. The third kappa shape index (κ3) is 3.01. The number of amides is 1. The third-order valence-corrected chi connectivity index (χ3v) is 2.86. The Bertz CT molecular complexity index is 438. The summed E-state index contributed by atoms with van der Waals surface area (Å²) >= 11 is 0. The highest BCUT2D eigenvalue weighted by molar-refractivity contribution is 5.87. The number of ether oxygens (including phenoxy) is 1. The van der Waals surface area contributed by atoms with Gasteiger partial charge in [0, 0.05) is 13.0 Å². The Morgan fingerprint density at radius 1 is 1.26 bits per heavy atom. The summed E-state index contributed by atoms with van der Waals surface area (Å²) in [5, 5.41) is 2.22. The molecule has 1 atom stereocenters. The zero-order valence-electron chi connectivity index (χ0n) is 9.87. The summed E-state index contributed by atoms with van der Waals surface area (Å²) in [5.41, 5.74) is -2.36. The van der Waals surface area contributed by atoms with Crippen molar-refractivity contribution in [3.8, 4) is 0 Å². The first-order valence-electron chi connectivity index (χ1n) is 5.49. The van der Waals surface area contributed by atoms with E-state index in [0.29, 0.717) is 5.56 Å². The zero-order valence-corrected chi connectivity index (χ0v) is 10.7. The van der Waals surface area contributed by atoms with E-state index in [1.54, 1.807) is 30.3 Å². The Balaban J connectivity index is 0.00000180. The number of alkyl halides is 3. The monoisotopic (exact) mass is 295 g/mol. The molecule has 0 bridgehead atoms. The Labute approximate surface area is 114 Å². The van der Waals surface area contributed by atoms with E-state index in [4.69, 9.17) is 4.74 Å². The number of nitrogens with one attached hydrogen (secondary N) is 1. The highest BCUT2D eigenvalue weighted by Gasteiger charge is 2.62. The molecule has 1 aromatic rings. The largest absolute Gasteiger partial charge is 0.426 e. The second-order valence-corrected chi connectivity index (χ2v) is 4.09. The number of halogens is 4. The van der Waals surface area contributed by atoms with E-state index < -0.39 is 24.1 Å². The first-order chi connectivity index (χ1) is 8.46. The average molecular weight is 296 g/mol. The van der Waals surface area contributed by atoms with Gasteiger partial charge in [-0.05, 0) is 5.56 Å². The van der Waals surface area contributed by atoms with Crippen molar-refractivity contribution in [1.29, 1.82) is 0 Å². The molecular weight excluding hydrogens is 283 g/mol. The number of carbonyl (C=O) groups excluding carboxylic acids is 1. The van der Waals surface area contributed by atoms with Gasteiger partial charge in [0.1, 0.15) is 0 Å². The predicted octanol–water partition coefficient (Wildman–Crippen LogP) is 2.10. The fourth-order valence-electron chi connectivity index (χ4n) is 1.92. The topological polar surface area (TPSA) is 38.3 Å². The molecular formula is C12H13ClF3NO2. The molecule has 1 N–H and O–H groups in total. The van der Waals surface area contributed by atoms with E-state index in [1.807, 2.05) is 0 Å². The molecule has 0 spiro atoms. The maximum absolute atomic E-state index is 13.1. The minimum absolute atomic E-state index is 0. The van der Waals surface area contributed by atoms with Crippen molar-refractivity contribution in [3.63, 3.8) is 0 Å². The molecule has 1 aliphatic rings. The number of morpholine rings is 1. The predicted molar refractivity (Wildman–Crippen MR) is 65.1 cm³/mol. The van der Waals surface area contributed by atoms with E-state index in [9.17, 15) is 18.0 Å². The van der Waals surface area contributed by atoms with Crippen LogP contribution in [0.15, 0.2) is 30.3 Å². The lowest BCUT2D eigenvalue weighted by atomic mass is 9.91. The SMILES string of the molecule is Cl.O=C1NCCOC1(Cc1ccccc1)C(F)(F)F. The molecule has 1 aliphatic heterocycles. The number of hydrogen-bond acceptors (Lipinski definition) is 2. The summed E-state index contributed by atoms with van der Waals surface area (Å²) in [6.45, 7) is -0.0382. The molecule has 3 nitrogen and oxygen atoms in total. The number of benzene rings is 1. The van der Waals surface area contributed by atoms with Gasteiger partial charge in [0.2, 0.25) is 5.60 Å². The number of carbonyl (C=O) groups is 1. The number of hydrogen-bond donors (Lipinski definition) is 1. The second-order valence-electron chi connectivity index (χ2n) is 4.09. The molecule has 0 aliphatic carbocycles. The highest BCUT2D eigenvalue weighted by Crippen LogP contribution is 2.38. The van der Waals surface area contributed by atoms with Crippen LogP contribution in [0.4, 0.5) is 13.2 Å². The van der Waals surface area contributed by atoms with Crippen LogP contribution in [0.1, 0.15) is 5.56 Å². The first kappa shape index (κ1) is 15.8. The van der Waals surface area contributed by atoms with Crippen LogP contribution in [0.25, 0.3) is 0 Å². The summed E-state index contributed by atoms with van der Waals surface area (Å²) in [4.78, 5) is 11.6. The standard InChI is InChI=1S/C12H12F3NO2.ClH/c13-12(14,15)11(10(17)16-6-7-18-11)8-9-4-2-1-3-5-9;/h1-5H,6-8H2,(H,16,17);1H. The van der Waals surface area contributed by atoms with E-state index in [2.05, 4.69) is 5.32 Å². The fourth-order valence-corrected chi connectivity index (χ4v) is 1.92. The Morgan fingerprint density at radius 2 is 1.89 bits per heavy atom. The first-order valence-corrected chi connectivity index (χ1v) is 5.49. The van der Waals surface area contributed by atoms with Crippen LogP contribution in [-0.2, 0) is 16.0 Å². The van der Waals surface area contributed by atoms with Gasteiger partial charge in [0.15, 0.2) is 0 Å². The second kappa shape index (κ2) is 5.79. The van der Waals surface area contributed by atoms with Gasteiger partial charge in [-0.25, -0.2) is 0 Å². The minimum Gasteiger partial charge on any atom is -0.355 e. The van der Waals surface area contributed by atoms with Gasteiger partial charge >= 0.3 is 6.18 Å². The molecule has 106 valence electrons. The van der Waals surface area contributed by atoms with Crippen molar-refractivity contribution < 1.29 is 22.7 Å². The quantitative estimate of drug-likeness (QED) is 0.907. The fraction of sp³-hybridized carbons (Fsp3) is 0.417. The van der Waals surface area contributed by atoms with Crippen LogP contribution in [0.5, 0.6) is 0 Å². The van der Waals surface area contributed by atoms with E-state index in [-0.39, 0.29) is 25.6 Å². The van der Waals surface area contributed by atoms with Crippen LogP contribution >= 0.6 is 12.4 Å². The molecule has 1 unspecified atom stereocenters. The lowest BCUT2D eigenvalue weighted by molar-refractivity contribution is -0.272. The van der Waals surface area contributed by atoms with E-state index in [1.165, 1.54) is 0 Å². The molecule has 2 rings (SSSR count). The van der Waals surface area contributed by atoms with Gasteiger partial charge in [-0.1, -0.05) is 30.3 Å². The number of rotatable bonds is 2. The summed E-state index contributed by atoms with van der Waals surface area (Å²) in [6.07, 6.45) is -5.25. The van der Waals surface area contributed by atoms with Crippen molar-refractivity contribution in [2.24, 2.45) is 0 Å². The summed E-state index contributed by atoms with van der Waals surface area (Å²) < 4.78 is 44.2. The van der Waals surface area contributed by atoms with Gasteiger partial charge in [0.05, 0.1) is 6.61 Å². The smallest absolute Gasteiger partial charge is 0.355 e. The lowest BCUT2D eigenvalue weighted by Crippen LogP contribution is -2.64. The van der Waals surface area contributed by atoms with E-state index in [0.717, 1.165) is 0 Å². The molecule has 1 saturated heterocycles. The average Bonchev–Trinajstić information content (AvgIpc) is 2.32. The molecule has 1 heterocycles. The van der Waals surface area contributed by atoms with Crippen molar-refractivity contribution in [2.75, 3.05) is 13.2 Å². The normalized spacial score (nSPS) is 23.4. The maximum atomic E-state index is 13.1. The van der Waals surface area contributed by atoms with Crippen LogP contribution < -0.4 is 5.32 Å². The van der Waals surface area contributed by atoms with Crippen molar-refractivity contribution in [2.45, 2.75) is 18.2 Å². The molecule has 1 fully saturated rings. The van der Waals surface area contributed by atoms with Gasteiger partial charge in [0.25, 0.3) is 5.91 Å². The van der Waals surface area contributed by atoms with Gasteiger partial charge in [-0.2, -0.15) is 13.2 Å². The van der Waals surface area contributed by atoms with E-state index >= 15 is 0 Å². The molecule has 0 radical (unpaired) electrons. The Morgan fingerprint density at radius 3 is 2.42 bits per heavy atom. The highest BCUT2D eigenvalue weighted by atomic mass is 35.5. The van der Waals surface area contributed by atoms with Crippen LogP contribution in [0.2, 0.25) is 0 Å². The third-order valence-electron chi connectivity index (χ3n) is 2.86. The molecule has 19 heavy (non-hydrogen) atoms. The molecule has 0 saturated carbocycles. The van der Waals surface area contributed by atoms with Crippen LogP contribution in [0.3, 0.4) is 0 Å². The zero-order chi connectivity index (χ0) is 13.2. The van der Waals surface area contributed by atoms with Crippen molar-refractivity contribution in [3.05, 3.63) is 35.9 Å². The van der Waals surface area contributed by atoms with Crippen LogP contribution in [0, 0.1) is 0 Å². The summed E-state index contributed by atoms with van der Waals surface area (Å²) in [6, 6.07) is 8.03. The summed E-state index contributed by atoms with van der Waals surface area (Å²) in [5.74, 6) is -1.12. The summed E-state index contributed by atoms with van der Waals surface area (Å²) in [7, 11) is 0. The van der Waals surface area contributed by atoms with Crippen LogP contribution in [-0.4, -0.2) is 30.8 Å².